The maximum absolute atomic E-state index is 10.4. The first-order valence-electron chi connectivity index (χ1n) is 7.33. The third kappa shape index (κ3) is 3.48. The summed E-state index contributed by atoms with van der Waals surface area (Å²) in [6.07, 6.45) is 1.09. The van der Waals surface area contributed by atoms with Crippen molar-refractivity contribution in [1.29, 1.82) is 0 Å². The maximum atomic E-state index is 10.4. The fourth-order valence-corrected chi connectivity index (χ4v) is 2.86. The van der Waals surface area contributed by atoms with E-state index < -0.39 is 0 Å². The average molecular weight is 262 g/mol. The molecule has 1 heterocycles. The largest absolute Gasteiger partial charge is 0.507 e. The van der Waals surface area contributed by atoms with E-state index in [0.717, 1.165) is 43.7 Å². The molecule has 1 saturated heterocycles. The molecule has 0 unspecified atom stereocenters. The highest BCUT2D eigenvalue weighted by molar-refractivity contribution is 5.41. The molecule has 1 aromatic rings. The number of phenolic OH excluding ortho intramolecular Hbond substituents is 1. The summed E-state index contributed by atoms with van der Waals surface area (Å²) in [5.74, 6) is 1.10. The van der Waals surface area contributed by atoms with Gasteiger partial charge in [-0.25, -0.2) is 0 Å². The van der Waals surface area contributed by atoms with E-state index in [9.17, 15) is 5.11 Å². The minimum absolute atomic E-state index is 0.335. The zero-order valence-corrected chi connectivity index (χ0v) is 12.3. The zero-order valence-electron chi connectivity index (χ0n) is 12.3. The van der Waals surface area contributed by atoms with Crippen molar-refractivity contribution in [2.45, 2.75) is 33.2 Å². The number of phenols is 1. The Balaban J connectivity index is 2.27. The number of hydrogen-bond donors (Lipinski definition) is 2. The van der Waals surface area contributed by atoms with Gasteiger partial charge in [0.05, 0.1) is 0 Å². The van der Waals surface area contributed by atoms with Crippen LogP contribution in [0.4, 0.5) is 0 Å². The Morgan fingerprint density at radius 3 is 2.58 bits per heavy atom. The van der Waals surface area contributed by atoms with Crippen molar-refractivity contribution in [3.63, 3.8) is 0 Å². The molecule has 3 heteroatoms. The van der Waals surface area contributed by atoms with Gasteiger partial charge in [0.15, 0.2) is 0 Å². The highest BCUT2D eigenvalue weighted by Gasteiger charge is 2.25. The van der Waals surface area contributed by atoms with Crippen LogP contribution >= 0.6 is 0 Å². The van der Waals surface area contributed by atoms with Gasteiger partial charge in [0.1, 0.15) is 5.75 Å². The highest BCUT2D eigenvalue weighted by atomic mass is 16.3. The summed E-state index contributed by atoms with van der Waals surface area (Å²) < 4.78 is 0. The van der Waals surface area contributed by atoms with Crippen LogP contribution in [0.3, 0.4) is 0 Å². The first kappa shape index (κ1) is 14.4. The van der Waals surface area contributed by atoms with Gasteiger partial charge in [0, 0.05) is 37.8 Å². The van der Waals surface area contributed by atoms with E-state index in [4.69, 9.17) is 0 Å². The zero-order chi connectivity index (χ0) is 13.8. The molecule has 1 aliphatic heterocycles. The summed E-state index contributed by atoms with van der Waals surface area (Å²) in [5.41, 5.74) is 2.07. The predicted molar refractivity (Wildman–Crippen MR) is 79.5 cm³/mol. The molecule has 0 aliphatic carbocycles. The van der Waals surface area contributed by atoms with Gasteiger partial charge in [-0.1, -0.05) is 32.0 Å². The maximum Gasteiger partial charge on any atom is 0.123 e. The molecule has 106 valence electrons. The average Bonchev–Trinajstić information content (AvgIpc) is 2.40. The number of aryl methyl sites for hydroxylation is 1. The van der Waals surface area contributed by atoms with Gasteiger partial charge in [-0.15, -0.1) is 0 Å². The van der Waals surface area contributed by atoms with Crippen LogP contribution in [0.5, 0.6) is 5.75 Å². The number of rotatable bonds is 4. The molecular formula is C16H26N2O. The van der Waals surface area contributed by atoms with Crippen LogP contribution in [0.15, 0.2) is 18.2 Å². The van der Waals surface area contributed by atoms with E-state index in [2.05, 4.69) is 36.2 Å². The number of nitrogens with one attached hydrogen (secondary N) is 1. The van der Waals surface area contributed by atoms with E-state index in [1.807, 2.05) is 13.0 Å². The summed E-state index contributed by atoms with van der Waals surface area (Å²) in [6, 6.07) is 6.45. The van der Waals surface area contributed by atoms with Crippen LogP contribution in [0.25, 0.3) is 0 Å². The predicted octanol–water partition coefficient (Wildman–Crippen LogP) is 2.69. The van der Waals surface area contributed by atoms with E-state index in [1.54, 1.807) is 0 Å². The lowest BCUT2D eigenvalue weighted by molar-refractivity contribution is 0.151. The Kier molecular flexibility index (Phi) is 4.83. The van der Waals surface area contributed by atoms with Crippen molar-refractivity contribution in [3.8, 4) is 5.75 Å². The third-order valence-corrected chi connectivity index (χ3v) is 3.91. The molecule has 0 saturated carbocycles. The molecule has 0 spiro atoms. The molecule has 19 heavy (non-hydrogen) atoms. The first-order valence-corrected chi connectivity index (χ1v) is 7.33. The minimum atomic E-state index is 0.335. The van der Waals surface area contributed by atoms with Gasteiger partial charge >= 0.3 is 0 Å². The number of nitrogens with zero attached hydrogens (tertiary/aromatic N) is 1. The van der Waals surface area contributed by atoms with Crippen LogP contribution in [-0.4, -0.2) is 36.2 Å². The van der Waals surface area contributed by atoms with Gasteiger partial charge in [-0.2, -0.15) is 0 Å². The van der Waals surface area contributed by atoms with Gasteiger partial charge < -0.3 is 10.4 Å². The minimum Gasteiger partial charge on any atom is -0.507 e. The van der Waals surface area contributed by atoms with E-state index in [-0.39, 0.29) is 0 Å². The van der Waals surface area contributed by atoms with Crippen LogP contribution in [0.1, 0.15) is 37.4 Å². The lowest BCUT2D eigenvalue weighted by Crippen LogP contribution is -2.45. The Morgan fingerprint density at radius 2 is 1.95 bits per heavy atom. The summed E-state index contributed by atoms with van der Waals surface area (Å²) in [7, 11) is 0. The van der Waals surface area contributed by atoms with E-state index in [1.165, 1.54) is 0 Å². The fraction of sp³-hybridized carbons (Fsp3) is 0.625. The summed E-state index contributed by atoms with van der Waals surface area (Å²) in [6.45, 7) is 10.7. The highest BCUT2D eigenvalue weighted by Crippen LogP contribution is 2.35. The van der Waals surface area contributed by atoms with Crippen LogP contribution < -0.4 is 5.32 Å². The molecular weight excluding hydrogens is 236 g/mol. The van der Waals surface area contributed by atoms with Gasteiger partial charge in [-0.05, 0) is 24.8 Å². The SMILES string of the molecule is Cc1cccc([C@@H](CC(C)C)N2CCNCC2)c1O. The fourth-order valence-electron chi connectivity index (χ4n) is 2.86. The topological polar surface area (TPSA) is 35.5 Å². The van der Waals surface area contributed by atoms with Crippen LogP contribution in [0.2, 0.25) is 0 Å². The quantitative estimate of drug-likeness (QED) is 0.876. The molecule has 0 aromatic heterocycles. The Bertz CT molecular complexity index is 411. The van der Waals surface area contributed by atoms with Crippen molar-refractivity contribution < 1.29 is 5.11 Å². The normalized spacial score (nSPS) is 18.7. The molecule has 2 N–H and O–H groups in total. The van der Waals surface area contributed by atoms with Crippen LogP contribution in [-0.2, 0) is 0 Å². The second kappa shape index (κ2) is 6.40. The van der Waals surface area contributed by atoms with Gasteiger partial charge in [-0.3, -0.25) is 4.90 Å². The molecule has 1 aromatic carbocycles. The number of para-hydroxylation sites is 1. The van der Waals surface area contributed by atoms with Crippen molar-refractivity contribution in [2.75, 3.05) is 26.2 Å². The van der Waals surface area contributed by atoms with Crippen molar-refractivity contribution in [2.24, 2.45) is 5.92 Å². The molecule has 1 atom stereocenters. The lowest BCUT2D eigenvalue weighted by Gasteiger charge is -2.36. The first-order chi connectivity index (χ1) is 9.09. The van der Waals surface area contributed by atoms with Gasteiger partial charge in [0.25, 0.3) is 0 Å². The van der Waals surface area contributed by atoms with E-state index in [0.29, 0.717) is 17.7 Å². The monoisotopic (exact) mass is 262 g/mol. The lowest BCUT2D eigenvalue weighted by atomic mass is 9.93. The molecule has 0 bridgehead atoms. The van der Waals surface area contributed by atoms with Gasteiger partial charge in [0.2, 0.25) is 0 Å². The van der Waals surface area contributed by atoms with Crippen LogP contribution in [0, 0.1) is 12.8 Å². The molecule has 0 radical (unpaired) electrons. The summed E-state index contributed by atoms with van der Waals surface area (Å²) in [5, 5.41) is 13.8. The Hall–Kier alpha value is -1.06. The van der Waals surface area contributed by atoms with Crippen molar-refractivity contribution >= 4 is 0 Å². The number of hydrogen-bond acceptors (Lipinski definition) is 3. The summed E-state index contributed by atoms with van der Waals surface area (Å²) >= 11 is 0. The summed E-state index contributed by atoms with van der Waals surface area (Å²) in [4.78, 5) is 2.50. The second-order valence-electron chi connectivity index (χ2n) is 5.94. The van der Waals surface area contributed by atoms with Crippen molar-refractivity contribution in [3.05, 3.63) is 29.3 Å². The standard InChI is InChI=1S/C16H26N2O/c1-12(2)11-15(18-9-7-17-8-10-18)14-6-4-5-13(3)16(14)19/h4-6,12,15,17,19H,7-11H2,1-3H3/t15-/m1/s1. The molecule has 2 rings (SSSR count). The smallest absolute Gasteiger partial charge is 0.123 e. The Labute approximate surface area is 116 Å². The number of piperazine rings is 1. The molecule has 0 amide bonds. The second-order valence-corrected chi connectivity index (χ2v) is 5.94. The number of aromatic hydroxyl groups is 1. The molecule has 1 aliphatic rings. The Morgan fingerprint density at radius 1 is 1.26 bits per heavy atom. The molecule has 3 nitrogen and oxygen atoms in total. The number of benzene rings is 1. The third-order valence-electron chi connectivity index (χ3n) is 3.91. The van der Waals surface area contributed by atoms with Crippen molar-refractivity contribution in [1.82, 2.24) is 10.2 Å². The molecule has 1 fully saturated rings. The van der Waals surface area contributed by atoms with E-state index >= 15 is 0 Å².